The molecule has 0 aliphatic heterocycles. The van der Waals surface area contributed by atoms with Gasteiger partial charge in [0.25, 0.3) is 0 Å². The minimum atomic E-state index is -0.974. The Balaban J connectivity index is 3.31. The summed E-state index contributed by atoms with van der Waals surface area (Å²) in [7, 11) is 0. The lowest BCUT2D eigenvalue weighted by Gasteiger charge is -2.04. The van der Waals surface area contributed by atoms with Gasteiger partial charge in [-0.3, -0.25) is 10.2 Å². The first-order chi connectivity index (χ1) is 5.54. The molecule has 0 heterocycles. The summed E-state index contributed by atoms with van der Waals surface area (Å²) < 4.78 is 0. The Hall–Kier alpha value is -1.10. The second-order valence-electron chi connectivity index (χ2n) is 2.72. The molecule has 0 radical (unpaired) electrons. The molecule has 0 bridgehead atoms. The number of carboxylic acid groups (broad SMARTS) is 1. The fourth-order valence-corrected chi connectivity index (χ4v) is 0.803. The standard InChI is InChI=1S/C7H15N3O2/c8-5(7(11)12)3-1-2-4-6(9)10/h5H,1-4,8H2,(H3,9,10)(H,11,12)/t5-/m0/s1. The molecule has 0 aromatic carbocycles. The van der Waals surface area contributed by atoms with Crippen LogP contribution in [0.1, 0.15) is 25.7 Å². The molecular formula is C7H15N3O2. The van der Waals surface area contributed by atoms with E-state index in [2.05, 4.69) is 0 Å². The van der Waals surface area contributed by atoms with Gasteiger partial charge in [-0.2, -0.15) is 0 Å². The van der Waals surface area contributed by atoms with Crippen molar-refractivity contribution in [2.75, 3.05) is 0 Å². The molecule has 0 saturated carbocycles. The highest BCUT2D eigenvalue weighted by atomic mass is 16.4. The molecule has 0 rings (SSSR count). The van der Waals surface area contributed by atoms with Gasteiger partial charge in [0, 0.05) is 6.42 Å². The Labute approximate surface area is 71.2 Å². The smallest absolute Gasteiger partial charge is 0.320 e. The minimum Gasteiger partial charge on any atom is -0.480 e. The van der Waals surface area contributed by atoms with E-state index in [-0.39, 0.29) is 5.84 Å². The van der Waals surface area contributed by atoms with Crippen molar-refractivity contribution < 1.29 is 9.90 Å². The van der Waals surface area contributed by atoms with E-state index in [1.807, 2.05) is 0 Å². The lowest BCUT2D eigenvalue weighted by molar-refractivity contribution is -0.138. The van der Waals surface area contributed by atoms with E-state index in [0.29, 0.717) is 19.3 Å². The van der Waals surface area contributed by atoms with Crippen LogP contribution >= 0.6 is 0 Å². The summed E-state index contributed by atoms with van der Waals surface area (Å²) in [6.07, 6.45) is 2.40. The quantitative estimate of drug-likeness (QED) is 0.255. The highest BCUT2D eigenvalue weighted by Gasteiger charge is 2.09. The van der Waals surface area contributed by atoms with Crippen LogP contribution in [-0.2, 0) is 4.79 Å². The average Bonchev–Trinajstić information content (AvgIpc) is 1.97. The molecule has 1 atom stereocenters. The summed E-state index contributed by atoms with van der Waals surface area (Å²) in [5.74, 6) is -0.836. The maximum Gasteiger partial charge on any atom is 0.320 e. The van der Waals surface area contributed by atoms with Crippen molar-refractivity contribution in [1.82, 2.24) is 0 Å². The van der Waals surface area contributed by atoms with Crippen molar-refractivity contribution in [2.24, 2.45) is 11.5 Å². The van der Waals surface area contributed by atoms with Gasteiger partial charge in [0.15, 0.2) is 0 Å². The Morgan fingerprint density at radius 1 is 1.50 bits per heavy atom. The first-order valence-electron chi connectivity index (χ1n) is 3.85. The number of aliphatic carboxylic acids is 1. The molecule has 0 aliphatic rings. The van der Waals surface area contributed by atoms with Crippen LogP contribution in [0.3, 0.4) is 0 Å². The number of nitrogens with one attached hydrogen (secondary N) is 1. The molecule has 0 saturated heterocycles. The maximum atomic E-state index is 10.2. The van der Waals surface area contributed by atoms with Crippen LogP contribution in [0.2, 0.25) is 0 Å². The van der Waals surface area contributed by atoms with Gasteiger partial charge in [-0.15, -0.1) is 0 Å². The molecule has 0 aliphatic carbocycles. The Bertz CT molecular complexity index is 170. The predicted octanol–water partition coefficient (Wildman–Crippen LogP) is -0.105. The molecule has 70 valence electrons. The van der Waals surface area contributed by atoms with Gasteiger partial charge in [-0.1, -0.05) is 6.42 Å². The van der Waals surface area contributed by atoms with Crippen LogP contribution in [-0.4, -0.2) is 23.0 Å². The lowest BCUT2D eigenvalue weighted by Crippen LogP contribution is -2.29. The number of carbonyl (C=O) groups is 1. The maximum absolute atomic E-state index is 10.2. The van der Waals surface area contributed by atoms with Gasteiger partial charge in [0.05, 0.1) is 5.84 Å². The third kappa shape index (κ3) is 5.67. The molecule has 6 N–H and O–H groups in total. The Morgan fingerprint density at radius 2 is 2.08 bits per heavy atom. The van der Waals surface area contributed by atoms with Crippen LogP contribution < -0.4 is 11.5 Å². The monoisotopic (exact) mass is 173 g/mol. The summed E-state index contributed by atoms with van der Waals surface area (Å²) in [6, 6.07) is -0.781. The van der Waals surface area contributed by atoms with Crippen LogP contribution in [0.25, 0.3) is 0 Å². The summed E-state index contributed by atoms with van der Waals surface area (Å²) in [4.78, 5) is 10.2. The number of amidine groups is 1. The molecule has 0 fully saturated rings. The Morgan fingerprint density at radius 3 is 2.50 bits per heavy atom. The van der Waals surface area contributed by atoms with Crippen molar-refractivity contribution >= 4 is 11.8 Å². The Kier molecular flexibility index (Phi) is 5.03. The van der Waals surface area contributed by atoms with Crippen molar-refractivity contribution in [3.8, 4) is 0 Å². The van der Waals surface area contributed by atoms with Crippen molar-refractivity contribution in [1.29, 1.82) is 5.41 Å². The minimum absolute atomic E-state index is 0.138. The fourth-order valence-electron chi connectivity index (χ4n) is 0.803. The van der Waals surface area contributed by atoms with Gasteiger partial charge in [0.2, 0.25) is 0 Å². The number of carboxylic acids is 1. The molecule has 5 nitrogen and oxygen atoms in total. The summed E-state index contributed by atoms with van der Waals surface area (Å²) in [5, 5.41) is 15.3. The van der Waals surface area contributed by atoms with Crippen LogP contribution in [0, 0.1) is 5.41 Å². The summed E-state index contributed by atoms with van der Waals surface area (Å²) in [5.41, 5.74) is 10.4. The summed E-state index contributed by atoms with van der Waals surface area (Å²) in [6.45, 7) is 0. The van der Waals surface area contributed by atoms with Gasteiger partial charge >= 0.3 is 5.97 Å². The largest absolute Gasteiger partial charge is 0.480 e. The SMILES string of the molecule is N=C(N)CCCC[C@H](N)C(=O)O. The number of hydrogen-bond acceptors (Lipinski definition) is 3. The predicted molar refractivity (Wildman–Crippen MR) is 46.0 cm³/mol. The van der Waals surface area contributed by atoms with Crippen LogP contribution in [0.15, 0.2) is 0 Å². The van der Waals surface area contributed by atoms with Crippen LogP contribution in [0.5, 0.6) is 0 Å². The highest BCUT2D eigenvalue weighted by Crippen LogP contribution is 2.01. The molecule has 0 amide bonds. The first-order valence-corrected chi connectivity index (χ1v) is 3.85. The van der Waals surface area contributed by atoms with Gasteiger partial charge < -0.3 is 16.6 Å². The first kappa shape index (κ1) is 10.9. The molecule has 0 spiro atoms. The van der Waals surface area contributed by atoms with Crippen molar-refractivity contribution in [3.05, 3.63) is 0 Å². The number of rotatable bonds is 6. The van der Waals surface area contributed by atoms with E-state index in [4.69, 9.17) is 22.0 Å². The zero-order chi connectivity index (χ0) is 9.56. The van der Waals surface area contributed by atoms with Crippen molar-refractivity contribution in [2.45, 2.75) is 31.7 Å². The van der Waals surface area contributed by atoms with E-state index < -0.39 is 12.0 Å². The molecule has 5 heteroatoms. The van der Waals surface area contributed by atoms with E-state index >= 15 is 0 Å². The third-order valence-electron chi connectivity index (χ3n) is 1.53. The van der Waals surface area contributed by atoms with E-state index in [0.717, 1.165) is 6.42 Å². The van der Waals surface area contributed by atoms with E-state index in [1.165, 1.54) is 0 Å². The lowest BCUT2D eigenvalue weighted by atomic mass is 10.1. The number of nitrogens with two attached hydrogens (primary N) is 2. The molecule has 12 heavy (non-hydrogen) atoms. The highest BCUT2D eigenvalue weighted by molar-refractivity contribution is 5.76. The molecule has 0 aromatic rings. The fraction of sp³-hybridized carbons (Fsp3) is 0.714. The molecular weight excluding hydrogens is 158 g/mol. The van der Waals surface area contributed by atoms with E-state index in [9.17, 15) is 4.79 Å². The molecule has 0 aromatic heterocycles. The topological polar surface area (TPSA) is 113 Å². The normalized spacial score (nSPS) is 12.4. The number of unbranched alkanes of at least 4 members (excludes halogenated alkanes) is 1. The van der Waals surface area contributed by atoms with Crippen LogP contribution in [0.4, 0.5) is 0 Å². The average molecular weight is 173 g/mol. The molecule has 0 unspecified atom stereocenters. The zero-order valence-corrected chi connectivity index (χ0v) is 6.92. The zero-order valence-electron chi connectivity index (χ0n) is 6.92. The van der Waals surface area contributed by atoms with Gasteiger partial charge in [0.1, 0.15) is 6.04 Å². The third-order valence-corrected chi connectivity index (χ3v) is 1.53. The summed E-state index contributed by atoms with van der Waals surface area (Å²) >= 11 is 0. The van der Waals surface area contributed by atoms with Crippen molar-refractivity contribution in [3.63, 3.8) is 0 Å². The number of hydrogen-bond donors (Lipinski definition) is 4. The van der Waals surface area contributed by atoms with Gasteiger partial charge in [-0.05, 0) is 12.8 Å². The second kappa shape index (κ2) is 5.54. The van der Waals surface area contributed by atoms with E-state index in [1.54, 1.807) is 0 Å². The van der Waals surface area contributed by atoms with Gasteiger partial charge in [-0.25, -0.2) is 0 Å². The second-order valence-corrected chi connectivity index (χ2v) is 2.72.